The first-order valence-corrected chi connectivity index (χ1v) is 8.52. The van der Waals surface area contributed by atoms with Gasteiger partial charge in [0.1, 0.15) is 5.54 Å². The number of halogens is 1. The predicted molar refractivity (Wildman–Crippen MR) is 93.0 cm³/mol. The van der Waals surface area contributed by atoms with Crippen LogP contribution in [0, 0.1) is 0 Å². The van der Waals surface area contributed by atoms with Gasteiger partial charge in [0.15, 0.2) is 0 Å². The summed E-state index contributed by atoms with van der Waals surface area (Å²) in [5.41, 5.74) is -0.409. The fourth-order valence-electron chi connectivity index (χ4n) is 2.58. The number of amides is 3. The van der Waals surface area contributed by atoms with Crippen molar-refractivity contribution in [2.24, 2.45) is 0 Å². The molecule has 1 N–H and O–H groups in total. The first-order chi connectivity index (χ1) is 11.7. The van der Waals surface area contributed by atoms with Gasteiger partial charge in [-0.1, -0.05) is 15.9 Å². The van der Waals surface area contributed by atoms with Crippen LogP contribution < -0.4 is 5.32 Å². The summed E-state index contributed by atoms with van der Waals surface area (Å²) >= 11 is 3.28. The number of ether oxygens (including phenoxy) is 1. The van der Waals surface area contributed by atoms with E-state index in [1.807, 2.05) is 0 Å². The van der Waals surface area contributed by atoms with E-state index < -0.39 is 11.5 Å². The normalized spacial score (nSPS) is 13.7. The van der Waals surface area contributed by atoms with Crippen molar-refractivity contribution in [3.63, 3.8) is 0 Å². The van der Waals surface area contributed by atoms with Crippen LogP contribution in [0.2, 0.25) is 0 Å². The first-order valence-electron chi connectivity index (χ1n) is 7.72. The van der Waals surface area contributed by atoms with Gasteiger partial charge in [0.2, 0.25) is 5.91 Å². The summed E-state index contributed by atoms with van der Waals surface area (Å²) in [7, 11) is 1.25. The van der Waals surface area contributed by atoms with Crippen molar-refractivity contribution in [1.29, 1.82) is 0 Å². The molecule has 1 aromatic rings. The molecule has 3 amide bonds. The van der Waals surface area contributed by atoms with E-state index in [2.05, 4.69) is 26.0 Å². The maximum atomic E-state index is 12.3. The average Bonchev–Trinajstić information content (AvgIpc) is 2.77. The van der Waals surface area contributed by atoms with E-state index in [0.717, 1.165) is 9.37 Å². The number of esters is 1. The Hall–Kier alpha value is -2.22. The predicted octanol–water partition coefficient (Wildman–Crippen LogP) is 1.89. The van der Waals surface area contributed by atoms with Crippen molar-refractivity contribution >= 4 is 39.6 Å². The fourth-order valence-corrected chi connectivity index (χ4v) is 2.94. The summed E-state index contributed by atoms with van der Waals surface area (Å²) in [5, 5.41) is 2.57. The molecule has 0 unspecified atom stereocenters. The van der Waals surface area contributed by atoms with Gasteiger partial charge in [-0.3, -0.25) is 19.3 Å². The van der Waals surface area contributed by atoms with Gasteiger partial charge in [-0.2, -0.15) is 0 Å². The molecule has 0 aliphatic carbocycles. The highest BCUT2D eigenvalue weighted by Crippen LogP contribution is 2.26. The number of nitrogens with zero attached hydrogens (tertiary/aromatic N) is 1. The van der Waals surface area contributed by atoms with E-state index in [1.54, 1.807) is 32.0 Å². The lowest BCUT2D eigenvalue weighted by molar-refractivity contribution is -0.149. The highest BCUT2D eigenvalue weighted by Gasteiger charge is 2.35. The standard InChI is InChI=1S/C17H19BrN2O5/c1-17(2,16(24)25-3)19-13(21)5-4-8-20-14(22)11-7-6-10(18)9-12(11)15(20)23/h6-7,9H,4-5,8H2,1-3H3,(H,19,21). The number of methoxy groups -OCH3 is 1. The molecule has 1 heterocycles. The number of benzene rings is 1. The molecule has 8 heteroatoms. The third-order valence-electron chi connectivity index (χ3n) is 3.87. The number of carbonyl (C=O) groups excluding carboxylic acids is 4. The third-order valence-corrected chi connectivity index (χ3v) is 4.36. The Kier molecular flexibility index (Phi) is 5.62. The van der Waals surface area contributed by atoms with Crippen molar-refractivity contribution < 1.29 is 23.9 Å². The van der Waals surface area contributed by atoms with Crippen LogP contribution in [0.3, 0.4) is 0 Å². The van der Waals surface area contributed by atoms with E-state index in [0.29, 0.717) is 17.5 Å². The Morgan fingerprint density at radius 1 is 1.20 bits per heavy atom. The topological polar surface area (TPSA) is 92.8 Å². The second-order valence-electron chi connectivity index (χ2n) is 6.22. The molecule has 134 valence electrons. The molecular formula is C17H19BrN2O5. The highest BCUT2D eigenvalue weighted by molar-refractivity contribution is 9.10. The van der Waals surface area contributed by atoms with Crippen LogP contribution in [0.25, 0.3) is 0 Å². The van der Waals surface area contributed by atoms with Crippen molar-refractivity contribution in [1.82, 2.24) is 10.2 Å². The number of imide groups is 1. The molecule has 1 aliphatic rings. The molecule has 2 rings (SSSR count). The second-order valence-corrected chi connectivity index (χ2v) is 7.14. The van der Waals surface area contributed by atoms with Crippen molar-refractivity contribution in [3.8, 4) is 0 Å². The maximum Gasteiger partial charge on any atom is 0.330 e. The van der Waals surface area contributed by atoms with Crippen LogP contribution in [0.4, 0.5) is 0 Å². The first kappa shape index (κ1) is 19.1. The lowest BCUT2D eigenvalue weighted by atomic mass is 10.1. The minimum absolute atomic E-state index is 0.0809. The van der Waals surface area contributed by atoms with Crippen LogP contribution in [0.5, 0.6) is 0 Å². The summed E-state index contributed by atoms with van der Waals surface area (Å²) in [6, 6.07) is 4.92. The van der Waals surface area contributed by atoms with E-state index in [4.69, 9.17) is 0 Å². The zero-order valence-corrected chi connectivity index (χ0v) is 15.8. The van der Waals surface area contributed by atoms with Gasteiger partial charge in [0.05, 0.1) is 18.2 Å². The summed E-state index contributed by atoms with van der Waals surface area (Å²) in [6.07, 6.45) is 0.382. The molecule has 7 nitrogen and oxygen atoms in total. The van der Waals surface area contributed by atoms with E-state index >= 15 is 0 Å². The minimum Gasteiger partial charge on any atom is -0.467 e. The SMILES string of the molecule is COC(=O)C(C)(C)NC(=O)CCCN1C(=O)c2ccc(Br)cc2C1=O. The molecule has 0 radical (unpaired) electrons. The van der Waals surface area contributed by atoms with Crippen LogP contribution >= 0.6 is 15.9 Å². The average molecular weight is 411 g/mol. The Morgan fingerprint density at radius 2 is 1.84 bits per heavy atom. The maximum absolute atomic E-state index is 12.3. The zero-order valence-electron chi connectivity index (χ0n) is 14.2. The molecule has 25 heavy (non-hydrogen) atoms. The van der Waals surface area contributed by atoms with E-state index in [1.165, 1.54) is 7.11 Å². The molecule has 0 atom stereocenters. The van der Waals surface area contributed by atoms with Gasteiger partial charge in [0.25, 0.3) is 11.8 Å². The molecule has 1 aromatic carbocycles. The van der Waals surface area contributed by atoms with Crippen LogP contribution in [0.1, 0.15) is 47.4 Å². The third kappa shape index (κ3) is 4.07. The molecule has 0 fully saturated rings. The monoisotopic (exact) mass is 410 g/mol. The molecular weight excluding hydrogens is 392 g/mol. The van der Waals surface area contributed by atoms with Crippen molar-refractivity contribution in [3.05, 3.63) is 33.8 Å². The van der Waals surface area contributed by atoms with Crippen molar-refractivity contribution in [2.45, 2.75) is 32.2 Å². The van der Waals surface area contributed by atoms with Gasteiger partial charge in [-0.05, 0) is 38.5 Å². The Balaban J connectivity index is 1.91. The minimum atomic E-state index is -1.13. The van der Waals surface area contributed by atoms with Gasteiger partial charge in [0, 0.05) is 17.4 Å². The van der Waals surface area contributed by atoms with Crippen LogP contribution in [-0.4, -0.2) is 47.8 Å². The smallest absolute Gasteiger partial charge is 0.330 e. The summed E-state index contributed by atoms with van der Waals surface area (Å²) in [5.74, 6) is -1.62. The van der Waals surface area contributed by atoms with Gasteiger partial charge < -0.3 is 10.1 Å². The molecule has 0 spiro atoms. The van der Waals surface area contributed by atoms with Gasteiger partial charge >= 0.3 is 5.97 Å². The van der Waals surface area contributed by atoms with Gasteiger partial charge in [-0.25, -0.2) is 4.79 Å². The molecule has 0 saturated carbocycles. The summed E-state index contributed by atoms with van der Waals surface area (Å²) in [6.45, 7) is 3.22. The number of carbonyl (C=O) groups is 4. The Morgan fingerprint density at radius 3 is 2.48 bits per heavy atom. The quantitative estimate of drug-likeness (QED) is 0.570. The Bertz CT molecular complexity index is 745. The van der Waals surface area contributed by atoms with E-state index in [-0.39, 0.29) is 30.7 Å². The Labute approximate surface area is 153 Å². The molecule has 0 aromatic heterocycles. The molecule has 0 bridgehead atoms. The molecule has 0 saturated heterocycles. The number of fused-ring (bicyclic) bond motifs is 1. The highest BCUT2D eigenvalue weighted by atomic mass is 79.9. The van der Waals surface area contributed by atoms with Crippen LogP contribution in [-0.2, 0) is 14.3 Å². The second kappa shape index (κ2) is 7.35. The van der Waals surface area contributed by atoms with Crippen molar-refractivity contribution in [2.75, 3.05) is 13.7 Å². The zero-order chi connectivity index (χ0) is 18.8. The fraction of sp³-hybridized carbons (Fsp3) is 0.412. The number of nitrogens with one attached hydrogen (secondary N) is 1. The number of rotatable bonds is 6. The summed E-state index contributed by atoms with van der Waals surface area (Å²) < 4.78 is 5.34. The largest absolute Gasteiger partial charge is 0.467 e. The lowest BCUT2D eigenvalue weighted by Gasteiger charge is -2.23. The lowest BCUT2D eigenvalue weighted by Crippen LogP contribution is -2.50. The summed E-state index contributed by atoms with van der Waals surface area (Å²) in [4.78, 5) is 49.2. The van der Waals surface area contributed by atoms with Crippen LogP contribution in [0.15, 0.2) is 22.7 Å². The van der Waals surface area contributed by atoms with Gasteiger partial charge in [-0.15, -0.1) is 0 Å². The molecule has 1 aliphatic heterocycles. The number of hydrogen-bond acceptors (Lipinski definition) is 5. The number of hydrogen-bond donors (Lipinski definition) is 1. The van der Waals surface area contributed by atoms with E-state index in [9.17, 15) is 19.2 Å².